The molecule has 23 heavy (non-hydrogen) atoms. The highest BCUT2D eigenvalue weighted by Gasteiger charge is 2.45. The number of nitrogens with one attached hydrogen (secondary N) is 1. The van der Waals surface area contributed by atoms with Gasteiger partial charge in [-0.25, -0.2) is 4.39 Å². The summed E-state index contributed by atoms with van der Waals surface area (Å²) in [5.74, 6) is -2.66. The summed E-state index contributed by atoms with van der Waals surface area (Å²) in [5.41, 5.74) is -0.466. The number of benzene rings is 1. The summed E-state index contributed by atoms with van der Waals surface area (Å²) in [6, 6.07) is -0.302. The van der Waals surface area contributed by atoms with E-state index in [1.165, 1.54) is 0 Å². The average Bonchev–Trinajstić information content (AvgIpc) is 2.40. The van der Waals surface area contributed by atoms with E-state index in [2.05, 4.69) is 10.1 Å². The maximum Gasteiger partial charge on any atom is 0.573 e. The van der Waals surface area contributed by atoms with Gasteiger partial charge in [0.2, 0.25) is 0 Å². The Labute approximate surface area is 127 Å². The van der Waals surface area contributed by atoms with Crippen molar-refractivity contribution in [3.8, 4) is 5.75 Å². The van der Waals surface area contributed by atoms with E-state index in [-0.39, 0.29) is 13.1 Å². The van der Waals surface area contributed by atoms with E-state index in [0.29, 0.717) is 25.2 Å². The van der Waals surface area contributed by atoms with Crippen molar-refractivity contribution in [1.29, 1.82) is 0 Å². The molecule has 10 heteroatoms. The highest BCUT2D eigenvalue weighted by Crippen LogP contribution is 2.39. The van der Waals surface area contributed by atoms with E-state index in [4.69, 9.17) is 0 Å². The molecule has 1 saturated heterocycles. The molecular weight excluding hydrogens is 333 g/mol. The van der Waals surface area contributed by atoms with Crippen molar-refractivity contribution in [2.75, 3.05) is 26.2 Å². The second kappa shape index (κ2) is 6.52. The molecule has 0 saturated carbocycles. The van der Waals surface area contributed by atoms with E-state index >= 15 is 0 Å². The first-order valence-electron chi connectivity index (χ1n) is 6.64. The van der Waals surface area contributed by atoms with Crippen LogP contribution in [0.3, 0.4) is 0 Å². The highest BCUT2D eigenvalue weighted by molar-refractivity contribution is 5.32. The second-order valence-corrected chi connectivity index (χ2v) is 4.97. The van der Waals surface area contributed by atoms with Gasteiger partial charge < -0.3 is 10.1 Å². The molecule has 1 aromatic carbocycles. The Balaban J connectivity index is 2.30. The van der Waals surface area contributed by atoms with Crippen molar-refractivity contribution < 1.29 is 35.5 Å². The number of ether oxygens (including phenoxy) is 1. The zero-order chi connectivity index (χ0) is 17.3. The molecule has 0 bridgehead atoms. The summed E-state index contributed by atoms with van der Waals surface area (Å²) < 4.78 is 93.2. The summed E-state index contributed by atoms with van der Waals surface area (Å²) in [6.07, 6.45) is -9.81. The van der Waals surface area contributed by atoms with Crippen LogP contribution in [-0.2, 0) is 0 Å². The van der Waals surface area contributed by atoms with Crippen molar-refractivity contribution in [2.24, 2.45) is 0 Å². The highest BCUT2D eigenvalue weighted by atomic mass is 19.4. The predicted molar refractivity (Wildman–Crippen MR) is 66.3 cm³/mol. The van der Waals surface area contributed by atoms with Crippen LogP contribution < -0.4 is 10.1 Å². The Hall–Kier alpha value is -1.55. The molecule has 1 atom stereocenters. The minimum absolute atomic E-state index is 0.0899. The Morgan fingerprint density at radius 3 is 2.13 bits per heavy atom. The molecule has 0 aliphatic carbocycles. The molecule has 1 aromatic rings. The normalized spacial score (nSPS) is 18.7. The summed E-state index contributed by atoms with van der Waals surface area (Å²) in [4.78, 5) is 1.11. The van der Waals surface area contributed by atoms with Crippen LogP contribution >= 0.6 is 0 Å². The van der Waals surface area contributed by atoms with Gasteiger partial charge in [-0.2, -0.15) is 13.2 Å². The zero-order valence-corrected chi connectivity index (χ0v) is 11.6. The molecule has 0 aromatic heterocycles. The minimum Gasteiger partial charge on any atom is -0.403 e. The number of hydrogen-bond donors (Lipinski definition) is 1. The van der Waals surface area contributed by atoms with Crippen LogP contribution in [0.25, 0.3) is 0 Å². The maximum atomic E-state index is 13.7. The van der Waals surface area contributed by atoms with Crippen LogP contribution in [0.15, 0.2) is 18.2 Å². The summed E-state index contributed by atoms with van der Waals surface area (Å²) >= 11 is 0. The molecule has 2 rings (SSSR count). The number of piperazine rings is 1. The van der Waals surface area contributed by atoms with Gasteiger partial charge in [-0.3, -0.25) is 4.90 Å². The van der Waals surface area contributed by atoms with Gasteiger partial charge in [-0.05, 0) is 17.7 Å². The smallest absolute Gasteiger partial charge is 0.403 e. The van der Waals surface area contributed by atoms with Gasteiger partial charge in [-0.1, -0.05) is 6.07 Å². The number of nitrogens with zero attached hydrogens (tertiary/aromatic N) is 1. The Kier molecular flexibility index (Phi) is 5.04. The summed E-state index contributed by atoms with van der Waals surface area (Å²) in [7, 11) is 0. The molecule has 0 radical (unpaired) electrons. The first-order chi connectivity index (χ1) is 10.6. The third kappa shape index (κ3) is 4.71. The van der Waals surface area contributed by atoms with Crippen LogP contribution in [0.2, 0.25) is 0 Å². The predicted octanol–water partition coefficient (Wildman–Crippen LogP) is 3.23. The molecule has 0 spiro atoms. The lowest BCUT2D eigenvalue weighted by atomic mass is 10.0. The molecule has 3 nitrogen and oxygen atoms in total. The lowest BCUT2D eigenvalue weighted by Crippen LogP contribution is -2.49. The molecule has 130 valence electrons. The summed E-state index contributed by atoms with van der Waals surface area (Å²) in [6.45, 7) is 0.855. The van der Waals surface area contributed by atoms with Gasteiger partial charge >= 0.3 is 12.5 Å². The first-order valence-corrected chi connectivity index (χ1v) is 6.64. The molecule has 0 amide bonds. The third-order valence-electron chi connectivity index (χ3n) is 3.32. The Bertz CT molecular complexity index is 538. The van der Waals surface area contributed by atoms with Crippen molar-refractivity contribution in [2.45, 2.75) is 18.6 Å². The van der Waals surface area contributed by atoms with E-state index in [1.54, 1.807) is 0 Å². The lowest BCUT2D eigenvalue weighted by molar-refractivity contribution is -0.275. The van der Waals surface area contributed by atoms with Crippen molar-refractivity contribution in [3.05, 3.63) is 29.6 Å². The minimum atomic E-state index is -5.12. The van der Waals surface area contributed by atoms with Crippen molar-refractivity contribution in [3.63, 3.8) is 0 Å². The van der Waals surface area contributed by atoms with Gasteiger partial charge in [0.15, 0.2) is 11.6 Å². The monoisotopic (exact) mass is 346 g/mol. The van der Waals surface area contributed by atoms with Crippen molar-refractivity contribution in [1.82, 2.24) is 10.2 Å². The Morgan fingerprint density at radius 1 is 1.04 bits per heavy atom. The fraction of sp³-hybridized carbons (Fsp3) is 0.538. The summed E-state index contributed by atoms with van der Waals surface area (Å²) in [5, 5.41) is 2.89. The molecular formula is C13H13F7N2O. The van der Waals surface area contributed by atoms with Gasteiger partial charge in [0.1, 0.15) is 6.04 Å². The van der Waals surface area contributed by atoms with Crippen molar-refractivity contribution >= 4 is 0 Å². The number of alkyl halides is 6. The topological polar surface area (TPSA) is 24.5 Å². The van der Waals surface area contributed by atoms with E-state index in [1.807, 2.05) is 0 Å². The van der Waals surface area contributed by atoms with Gasteiger partial charge in [-0.15, -0.1) is 13.2 Å². The number of hydrogen-bond acceptors (Lipinski definition) is 3. The maximum absolute atomic E-state index is 13.7. The van der Waals surface area contributed by atoms with Crippen LogP contribution in [0.1, 0.15) is 11.6 Å². The largest absolute Gasteiger partial charge is 0.573 e. The van der Waals surface area contributed by atoms with Gasteiger partial charge in [0, 0.05) is 26.2 Å². The van der Waals surface area contributed by atoms with E-state index in [0.717, 1.165) is 11.0 Å². The molecule has 0 unspecified atom stereocenters. The van der Waals surface area contributed by atoms with E-state index in [9.17, 15) is 30.7 Å². The molecule has 1 fully saturated rings. The molecule has 1 heterocycles. The fourth-order valence-electron chi connectivity index (χ4n) is 2.44. The Morgan fingerprint density at radius 2 is 1.65 bits per heavy atom. The zero-order valence-electron chi connectivity index (χ0n) is 11.6. The number of rotatable bonds is 3. The third-order valence-corrected chi connectivity index (χ3v) is 3.32. The SMILES string of the molecule is Fc1cc([C@@H](N2CCNCC2)C(F)(F)F)ccc1OC(F)(F)F. The second-order valence-electron chi connectivity index (χ2n) is 4.97. The van der Waals surface area contributed by atoms with Gasteiger partial charge in [0.25, 0.3) is 0 Å². The van der Waals surface area contributed by atoms with E-state index < -0.39 is 35.7 Å². The van der Waals surface area contributed by atoms with Gasteiger partial charge in [0.05, 0.1) is 0 Å². The van der Waals surface area contributed by atoms with Crippen LogP contribution in [0.4, 0.5) is 30.7 Å². The molecule has 1 aliphatic rings. The lowest BCUT2D eigenvalue weighted by Gasteiger charge is -2.36. The quantitative estimate of drug-likeness (QED) is 0.851. The van der Waals surface area contributed by atoms with Crippen LogP contribution in [0, 0.1) is 5.82 Å². The fourth-order valence-corrected chi connectivity index (χ4v) is 2.44. The first kappa shape index (κ1) is 17.8. The average molecular weight is 346 g/mol. The van der Waals surface area contributed by atoms with Crippen LogP contribution in [0.5, 0.6) is 5.75 Å². The number of halogens is 7. The standard InChI is InChI=1S/C13H13F7N2O/c14-9-7-8(1-2-10(9)23-13(18,19)20)11(12(15,16)17)22-5-3-21-4-6-22/h1-2,7,11,21H,3-6H2/t11-/m1/s1. The molecule has 1 aliphatic heterocycles. The van der Waals surface area contributed by atoms with Crippen LogP contribution in [-0.4, -0.2) is 43.6 Å². The molecule has 1 N–H and O–H groups in total.